The molecule has 1 N–H and O–H groups in total. The van der Waals surface area contributed by atoms with E-state index in [1.807, 2.05) is 0 Å². The quantitative estimate of drug-likeness (QED) is 0.629. The Balaban J connectivity index is 2.72. The van der Waals surface area contributed by atoms with Gasteiger partial charge < -0.3 is 4.98 Å². The van der Waals surface area contributed by atoms with Crippen LogP contribution in [0.3, 0.4) is 0 Å². The highest BCUT2D eigenvalue weighted by molar-refractivity contribution is 5.97. The molecule has 0 saturated heterocycles. The van der Waals surface area contributed by atoms with E-state index in [1.54, 1.807) is 0 Å². The summed E-state index contributed by atoms with van der Waals surface area (Å²) in [7, 11) is 0. The fourth-order valence-corrected chi connectivity index (χ4v) is 2.81. The zero-order valence-electron chi connectivity index (χ0n) is 14.0. The van der Waals surface area contributed by atoms with E-state index in [-0.39, 0.29) is 0 Å². The first-order valence-corrected chi connectivity index (χ1v) is 8.10. The van der Waals surface area contributed by atoms with Crippen molar-refractivity contribution in [3.63, 3.8) is 0 Å². The first-order valence-electron chi connectivity index (χ1n) is 8.10. The number of hydrogen-bond acceptors (Lipinski definition) is 0. The van der Waals surface area contributed by atoms with Gasteiger partial charge in [0.1, 0.15) is 0 Å². The highest BCUT2D eigenvalue weighted by Gasteiger charge is 2.13. The molecule has 0 unspecified atom stereocenters. The van der Waals surface area contributed by atoms with Crippen LogP contribution in [0.4, 0.5) is 0 Å². The molecule has 2 aromatic rings. The monoisotopic (exact) mass is 281 g/mol. The van der Waals surface area contributed by atoms with Crippen molar-refractivity contribution in [2.75, 3.05) is 0 Å². The number of hydrogen-bond donors (Lipinski definition) is 1. The van der Waals surface area contributed by atoms with Gasteiger partial charge in [0.25, 0.3) is 0 Å². The summed E-state index contributed by atoms with van der Waals surface area (Å²) in [5, 5.41) is 1.36. The maximum absolute atomic E-state index is 3.55. The van der Waals surface area contributed by atoms with Gasteiger partial charge in [0.2, 0.25) is 0 Å². The minimum atomic E-state index is 1.07. The summed E-state index contributed by atoms with van der Waals surface area (Å²) in [4.78, 5) is 3.55. The van der Waals surface area contributed by atoms with Crippen LogP contribution in [-0.4, -0.2) is 4.98 Å². The average Bonchev–Trinajstić information content (AvgIpc) is 2.82. The molecule has 0 saturated carbocycles. The van der Waals surface area contributed by atoms with Gasteiger partial charge in [-0.15, -0.1) is 0 Å². The predicted octanol–water partition coefficient (Wildman–Crippen LogP) is 6.19. The lowest BCUT2D eigenvalue weighted by atomic mass is 9.95. The van der Waals surface area contributed by atoms with Crippen LogP contribution in [0.25, 0.3) is 16.5 Å². The highest BCUT2D eigenvalue weighted by Crippen LogP contribution is 2.33. The normalized spacial score (nSPS) is 13.2. The van der Waals surface area contributed by atoms with Crippen LogP contribution in [0.15, 0.2) is 35.9 Å². The lowest BCUT2D eigenvalue weighted by Gasteiger charge is -2.09. The van der Waals surface area contributed by atoms with Crippen molar-refractivity contribution >= 4 is 16.5 Å². The van der Waals surface area contributed by atoms with Crippen molar-refractivity contribution in [3.8, 4) is 0 Å². The maximum Gasteiger partial charge on any atom is 0.0462 e. The third kappa shape index (κ3) is 3.12. The number of rotatable bonds is 5. The van der Waals surface area contributed by atoms with Crippen LogP contribution in [-0.2, 0) is 6.42 Å². The van der Waals surface area contributed by atoms with Gasteiger partial charge in [0.05, 0.1) is 0 Å². The molecule has 1 nitrogen and oxygen atoms in total. The number of benzene rings is 1. The number of allylic oxidation sites excluding steroid dienone is 4. The van der Waals surface area contributed by atoms with E-state index >= 15 is 0 Å². The molecule has 0 fully saturated rings. The van der Waals surface area contributed by atoms with Crippen LogP contribution in [0.2, 0.25) is 0 Å². The average molecular weight is 281 g/mol. The zero-order valence-corrected chi connectivity index (χ0v) is 14.0. The molecule has 0 aliphatic heterocycles. The summed E-state index contributed by atoms with van der Waals surface area (Å²) < 4.78 is 0. The van der Waals surface area contributed by atoms with Crippen molar-refractivity contribution in [2.45, 2.75) is 53.9 Å². The Morgan fingerprint density at radius 1 is 1.19 bits per heavy atom. The van der Waals surface area contributed by atoms with E-state index in [0.29, 0.717) is 0 Å². The maximum atomic E-state index is 3.55. The molecular weight excluding hydrogens is 254 g/mol. The zero-order chi connectivity index (χ0) is 15.4. The van der Waals surface area contributed by atoms with Gasteiger partial charge in [-0.2, -0.15) is 0 Å². The largest absolute Gasteiger partial charge is 0.358 e. The Labute approximate surface area is 128 Å². The molecular formula is C20H27N. The van der Waals surface area contributed by atoms with Gasteiger partial charge in [0.15, 0.2) is 0 Å². The summed E-state index contributed by atoms with van der Waals surface area (Å²) in [5.74, 6) is 0. The van der Waals surface area contributed by atoms with Crippen LogP contribution in [0.1, 0.15) is 57.4 Å². The molecule has 1 aromatic heterocycles. The third-order valence-electron chi connectivity index (χ3n) is 4.24. The molecule has 1 heteroatoms. The minimum absolute atomic E-state index is 1.07. The van der Waals surface area contributed by atoms with Crippen molar-refractivity contribution in [2.24, 2.45) is 0 Å². The number of nitrogens with one attached hydrogen (secondary N) is 1. The van der Waals surface area contributed by atoms with Gasteiger partial charge in [-0.3, -0.25) is 0 Å². The molecule has 112 valence electrons. The van der Waals surface area contributed by atoms with E-state index in [9.17, 15) is 0 Å². The number of fused-ring (bicyclic) bond motifs is 1. The summed E-state index contributed by atoms with van der Waals surface area (Å²) >= 11 is 0. The van der Waals surface area contributed by atoms with Crippen molar-refractivity contribution < 1.29 is 0 Å². The van der Waals surface area contributed by atoms with Crippen LogP contribution in [0, 0.1) is 6.92 Å². The van der Waals surface area contributed by atoms with Crippen molar-refractivity contribution in [1.82, 2.24) is 4.98 Å². The Bertz CT molecular complexity index is 683. The number of aryl methyl sites for hydroxylation is 2. The SMILES string of the molecule is CC/C=C\C(=C(/C)CC)c1c(C)[nH]c2ccc(CC)cc12. The van der Waals surface area contributed by atoms with E-state index < -0.39 is 0 Å². The molecule has 0 radical (unpaired) electrons. The van der Waals surface area contributed by atoms with Gasteiger partial charge in [-0.25, -0.2) is 0 Å². The van der Waals surface area contributed by atoms with Gasteiger partial charge >= 0.3 is 0 Å². The van der Waals surface area contributed by atoms with Gasteiger partial charge in [-0.05, 0) is 56.4 Å². The topological polar surface area (TPSA) is 15.8 Å². The summed E-state index contributed by atoms with van der Waals surface area (Å²) in [6, 6.07) is 6.78. The standard InChI is InChI=1S/C20H27N/c1-6-9-10-17(14(4)7-2)20-15(5)21-19-12-11-16(8-3)13-18(19)20/h9-13,21H,6-8H2,1-5H3/b10-9-,17-14-. The Hall–Kier alpha value is -1.76. The minimum Gasteiger partial charge on any atom is -0.358 e. The Morgan fingerprint density at radius 3 is 2.57 bits per heavy atom. The Morgan fingerprint density at radius 2 is 1.95 bits per heavy atom. The second-order valence-corrected chi connectivity index (χ2v) is 5.72. The molecule has 0 spiro atoms. The summed E-state index contributed by atoms with van der Waals surface area (Å²) in [6.07, 6.45) is 7.80. The predicted molar refractivity (Wildman–Crippen MR) is 94.7 cm³/mol. The summed E-state index contributed by atoms with van der Waals surface area (Å²) in [5.41, 5.74) is 8.12. The van der Waals surface area contributed by atoms with Crippen molar-refractivity contribution in [3.05, 3.63) is 52.7 Å². The van der Waals surface area contributed by atoms with Crippen LogP contribution >= 0.6 is 0 Å². The fraction of sp³-hybridized carbons (Fsp3) is 0.400. The summed E-state index contributed by atoms with van der Waals surface area (Å²) in [6.45, 7) is 11.1. The number of aromatic nitrogens is 1. The molecule has 0 aliphatic carbocycles. The van der Waals surface area contributed by atoms with Gasteiger partial charge in [-0.1, -0.05) is 44.6 Å². The fourth-order valence-electron chi connectivity index (χ4n) is 2.81. The van der Waals surface area contributed by atoms with Crippen LogP contribution < -0.4 is 0 Å². The molecule has 0 amide bonds. The molecule has 21 heavy (non-hydrogen) atoms. The molecule has 0 bridgehead atoms. The number of H-pyrrole nitrogens is 1. The first-order chi connectivity index (χ1) is 10.1. The lowest BCUT2D eigenvalue weighted by Crippen LogP contribution is -1.89. The van der Waals surface area contributed by atoms with Crippen LogP contribution in [0.5, 0.6) is 0 Å². The molecule has 1 heterocycles. The first kappa shape index (κ1) is 15.6. The molecule has 0 atom stereocenters. The van der Waals surface area contributed by atoms with E-state index in [4.69, 9.17) is 0 Å². The smallest absolute Gasteiger partial charge is 0.0462 e. The lowest BCUT2D eigenvalue weighted by molar-refractivity contribution is 1.10. The van der Waals surface area contributed by atoms with E-state index in [2.05, 4.69) is 70.0 Å². The second kappa shape index (κ2) is 6.80. The molecule has 1 aromatic carbocycles. The van der Waals surface area contributed by atoms with Gasteiger partial charge in [0, 0.05) is 22.2 Å². The Kier molecular flexibility index (Phi) is 5.06. The van der Waals surface area contributed by atoms with E-state index in [1.165, 1.54) is 38.9 Å². The van der Waals surface area contributed by atoms with E-state index in [0.717, 1.165) is 19.3 Å². The second-order valence-electron chi connectivity index (χ2n) is 5.72. The van der Waals surface area contributed by atoms with Crippen molar-refractivity contribution in [1.29, 1.82) is 0 Å². The molecule has 2 rings (SSSR count). The highest BCUT2D eigenvalue weighted by atomic mass is 14.7. The number of aromatic amines is 1. The molecule has 0 aliphatic rings. The third-order valence-corrected chi connectivity index (χ3v) is 4.24.